The van der Waals surface area contributed by atoms with Crippen LogP contribution < -0.4 is 0 Å². The van der Waals surface area contributed by atoms with Gasteiger partial charge in [0.2, 0.25) is 11.6 Å². The molecule has 12 bridgehead atoms. The average Bonchev–Trinajstić information content (AvgIpc) is 2.22. The summed E-state index contributed by atoms with van der Waals surface area (Å²) in [6.07, 6.45) is -3.21. The molecule has 4 N–H and O–H groups in total. The Morgan fingerprint density at radius 1 is 0.537 bits per heavy atom. The Labute approximate surface area is 478 Å². The molecule has 17 saturated heterocycles. The number of hydrogen-bond acceptors (Lipinski definition) is 21. The molecular weight excluding hydrogens is 1070 g/mol. The molecule has 82 heavy (non-hydrogen) atoms. The minimum absolute atomic E-state index is 0.0316. The molecule has 0 saturated carbocycles. The van der Waals surface area contributed by atoms with Gasteiger partial charge in [-0.1, -0.05) is 40.9 Å². The van der Waals surface area contributed by atoms with Crippen LogP contribution in [0.4, 0.5) is 0 Å². The highest BCUT2D eigenvalue weighted by molar-refractivity contribution is 5.70. The number of aliphatic hydroxyl groups excluding tert-OH is 3. The van der Waals surface area contributed by atoms with Gasteiger partial charge in [0.05, 0.1) is 123 Å². The smallest absolute Gasteiger partial charge is 0.308 e. The quantitative estimate of drug-likeness (QED) is 0.228. The number of hydrogen-bond donors (Lipinski definition) is 4. The molecule has 21 nitrogen and oxygen atoms in total. The van der Waals surface area contributed by atoms with Crippen molar-refractivity contribution in [3.05, 3.63) is 24.3 Å². The highest BCUT2D eigenvalue weighted by Gasteiger charge is 2.79. The fraction of sp³-hybridized carbons (Fsp3) is 0.918. The molecule has 17 aliphatic rings. The van der Waals surface area contributed by atoms with Crippen molar-refractivity contribution in [3.8, 4) is 0 Å². The standard InChI is InChI=1S/C61H86O21/c1-25-13-31-7-9-35-26(2)14-33(67-35)11-12-60-57(65)61(66)56(82-60)55-54(81-61)53(80-60)52-36(72-55)10-8-32(69-52)15-47(64)75-51-30(6)50-43(71-42(51)16-37(68-31)29(25)5)19-41-45(74-50)22-59(76-41)23-46-49(79-59)28(4)21-58(78-46)20-27(3)48-44(77-58)18-39-40(73-48)17-38(70-39)34(63)24-62/h25,27-28,30-46,48-57,62-63,65-66H,2,5,7-24H2,1,3-4,6H3/t25-,27+,28+,30+,31+,32-,33+,34+,35+,36+,37?,38+,39-,40-,41-,42+,43+,44+,45-,46+,48?,49+,50+,51-,52+,53+,54?,55?,56+,57+,58-,59+,60-,61-/m1/s1. The maximum atomic E-state index is 14.6. The summed E-state index contributed by atoms with van der Waals surface area (Å²) in [5.41, 5.74) is 2.01. The Bertz CT molecular complexity index is 2500. The van der Waals surface area contributed by atoms with Crippen molar-refractivity contribution in [1.29, 1.82) is 0 Å². The summed E-state index contributed by atoms with van der Waals surface area (Å²) in [5, 5.41) is 43.8. The molecule has 4 unspecified atom stereocenters. The molecule has 0 aromatic carbocycles. The zero-order chi connectivity index (χ0) is 56.1. The van der Waals surface area contributed by atoms with E-state index in [9.17, 15) is 25.2 Å². The topological polar surface area (TPSA) is 246 Å². The number of ether oxygens (including phenoxy) is 16. The monoisotopic (exact) mass is 1150 g/mol. The third kappa shape index (κ3) is 8.87. The maximum absolute atomic E-state index is 14.6. The molecule has 0 amide bonds. The Balaban J connectivity index is 0.633. The van der Waals surface area contributed by atoms with E-state index in [-0.39, 0.29) is 122 Å². The van der Waals surface area contributed by atoms with E-state index >= 15 is 0 Å². The van der Waals surface area contributed by atoms with Crippen LogP contribution in [0.5, 0.6) is 0 Å². The fourth-order valence-electron chi connectivity index (χ4n) is 18.9. The SMILES string of the molecule is C=C1C2C[C@@H]3O[C@H]4C[C@H]5O[C@@]6(C[C@@H]7O[C@]8(C[C@H](C)C9O[C@@H]%10C[C@@H]([C@@H](O)CO)O[C@@H]%10C[C@@H]9O8)C[C@H](C)[C@@H]7O6)C[C@H]5O[C@H]4[C@H](C)[C@H]3OC(=O)C[C@H]3CC[C@@H]4OC5C6O[C@]7(O)[C@H]5O[C@@](CC[C@H]5CC(=C)[C@H](CC[C@@H](C[C@H]1C)O2)O5)(O[C@H]6[C@H]4O3)[C@@H]7O. The number of carbonyl (C=O) groups excluding carboxylic acids is 1. The molecule has 17 heterocycles. The van der Waals surface area contributed by atoms with E-state index in [0.29, 0.717) is 83.5 Å². The first-order chi connectivity index (χ1) is 39.3. The molecule has 0 aliphatic carbocycles. The summed E-state index contributed by atoms with van der Waals surface area (Å²) in [7, 11) is 0. The summed E-state index contributed by atoms with van der Waals surface area (Å²) in [5.74, 6) is -5.68. The van der Waals surface area contributed by atoms with Crippen LogP contribution in [-0.4, -0.2) is 215 Å². The van der Waals surface area contributed by atoms with Gasteiger partial charge in [-0.25, -0.2) is 0 Å². The van der Waals surface area contributed by atoms with Crippen LogP contribution in [0.1, 0.15) is 137 Å². The highest BCUT2D eigenvalue weighted by Crippen LogP contribution is 2.60. The fourth-order valence-corrected chi connectivity index (χ4v) is 18.9. The number of esters is 1. The molecule has 0 aromatic heterocycles. The second-order valence-electron chi connectivity index (χ2n) is 28.4. The van der Waals surface area contributed by atoms with Crippen LogP contribution in [0.2, 0.25) is 0 Å². The number of carbonyl (C=O) groups is 1. The molecule has 21 heteroatoms. The van der Waals surface area contributed by atoms with Gasteiger partial charge in [0.25, 0.3) is 0 Å². The Morgan fingerprint density at radius 2 is 1.22 bits per heavy atom. The average molecular weight is 1160 g/mol. The van der Waals surface area contributed by atoms with Crippen molar-refractivity contribution < 1.29 is 101 Å². The molecular formula is C61H86O21. The van der Waals surface area contributed by atoms with Crippen LogP contribution >= 0.6 is 0 Å². The predicted molar refractivity (Wildman–Crippen MR) is 279 cm³/mol. The highest BCUT2D eigenvalue weighted by atomic mass is 16.8. The van der Waals surface area contributed by atoms with E-state index in [0.717, 1.165) is 24.0 Å². The lowest BCUT2D eigenvalue weighted by Gasteiger charge is -2.54. The molecule has 34 atom stereocenters. The number of fused-ring (bicyclic) bond motifs is 11. The second kappa shape index (κ2) is 20.1. The van der Waals surface area contributed by atoms with Crippen LogP contribution in [-0.2, 0) is 80.6 Å². The van der Waals surface area contributed by atoms with Gasteiger partial charge < -0.3 is 96.2 Å². The van der Waals surface area contributed by atoms with Crippen molar-refractivity contribution in [2.24, 2.45) is 23.7 Å². The summed E-state index contributed by atoms with van der Waals surface area (Å²) in [4.78, 5) is 14.6. The minimum Gasteiger partial charge on any atom is -0.459 e. The van der Waals surface area contributed by atoms with E-state index in [1.165, 1.54) is 0 Å². The van der Waals surface area contributed by atoms with Gasteiger partial charge in [0.15, 0.2) is 17.7 Å². The first-order valence-electron chi connectivity index (χ1n) is 31.6. The van der Waals surface area contributed by atoms with E-state index in [4.69, 9.17) is 75.8 Å². The molecule has 0 radical (unpaired) electrons. The first kappa shape index (κ1) is 55.5. The second-order valence-corrected chi connectivity index (χ2v) is 28.4. The summed E-state index contributed by atoms with van der Waals surface area (Å²) < 4.78 is 109. The van der Waals surface area contributed by atoms with Gasteiger partial charge in [0.1, 0.15) is 42.7 Å². The van der Waals surface area contributed by atoms with Gasteiger partial charge in [-0.05, 0) is 73.8 Å². The number of aliphatic hydroxyl groups is 4. The van der Waals surface area contributed by atoms with Crippen molar-refractivity contribution in [2.75, 3.05) is 6.61 Å². The maximum Gasteiger partial charge on any atom is 0.308 e. The molecule has 3 spiro atoms. The first-order valence-corrected chi connectivity index (χ1v) is 31.6. The molecule has 17 fully saturated rings. The van der Waals surface area contributed by atoms with E-state index < -0.39 is 108 Å². The van der Waals surface area contributed by atoms with Crippen LogP contribution in [0.3, 0.4) is 0 Å². The zero-order valence-electron chi connectivity index (χ0n) is 47.7. The van der Waals surface area contributed by atoms with Crippen molar-refractivity contribution >= 4 is 5.97 Å². The third-order valence-electron chi connectivity index (χ3n) is 22.9. The van der Waals surface area contributed by atoms with E-state index in [2.05, 4.69) is 40.9 Å². The van der Waals surface area contributed by atoms with Gasteiger partial charge in [-0.3, -0.25) is 4.79 Å². The molecule has 0 aromatic rings. The normalized spacial score (nSPS) is 59.6. The minimum atomic E-state index is -2.03. The van der Waals surface area contributed by atoms with Gasteiger partial charge >= 0.3 is 5.97 Å². The molecule has 17 aliphatic heterocycles. The summed E-state index contributed by atoms with van der Waals surface area (Å²) >= 11 is 0. The Kier molecular flexibility index (Phi) is 13.6. The summed E-state index contributed by atoms with van der Waals surface area (Å²) in [6, 6.07) is 0. The van der Waals surface area contributed by atoms with Gasteiger partial charge in [-0.15, -0.1) is 0 Å². The van der Waals surface area contributed by atoms with Crippen molar-refractivity contribution in [3.63, 3.8) is 0 Å². The zero-order valence-corrected chi connectivity index (χ0v) is 47.7. The van der Waals surface area contributed by atoms with Crippen LogP contribution in [0, 0.1) is 23.7 Å². The largest absolute Gasteiger partial charge is 0.459 e. The lowest BCUT2D eigenvalue weighted by atomic mass is 9.78. The lowest BCUT2D eigenvalue weighted by Crippen LogP contribution is -2.63. The number of rotatable bonds is 2. The summed E-state index contributed by atoms with van der Waals surface area (Å²) in [6.45, 7) is 17.4. The van der Waals surface area contributed by atoms with Crippen molar-refractivity contribution in [1.82, 2.24) is 0 Å². The van der Waals surface area contributed by atoms with E-state index in [1.54, 1.807) is 0 Å². The Morgan fingerprint density at radius 3 is 2.06 bits per heavy atom. The third-order valence-corrected chi connectivity index (χ3v) is 22.9. The lowest BCUT2D eigenvalue weighted by molar-refractivity contribution is -0.369. The van der Waals surface area contributed by atoms with Crippen molar-refractivity contribution in [2.45, 2.75) is 319 Å². The Hall–Kier alpha value is -1.81. The molecule has 456 valence electrons. The van der Waals surface area contributed by atoms with Gasteiger partial charge in [-0.2, -0.15) is 0 Å². The van der Waals surface area contributed by atoms with Crippen LogP contribution in [0.15, 0.2) is 24.3 Å². The van der Waals surface area contributed by atoms with Crippen LogP contribution in [0.25, 0.3) is 0 Å². The predicted octanol–water partition coefficient (Wildman–Crippen LogP) is 3.62. The molecule has 17 rings (SSSR count). The van der Waals surface area contributed by atoms with Gasteiger partial charge in [0, 0.05) is 63.7 Å². The van der Waals surface area contributed by atoms with E-state index in [1.807, 2.05) is 0 Å².